The second kappa shape index (κ2) is 5.40. The molecular weight excluding hydrogens is 258 g/mol. The van der Waals surface area contributed by atoms with Crippen molar-refractivity contribution < 1.29 is 14.9 Å². The lowest BCUT2D eigenvalue weighted by Gasteiger charge is -2.38. The Morgan fingerprint density at radius 3 is 3.00 bits per heavy atom. The molecule has 0 aliphatic carbocycles. The monoisotopic (exact) mass is 277 g/mol. The summed E-state index contributed by atoms with van der Waals surface area (Å²) in [6, 6.07) is 5.91. The molecule has 1 fully saturated rings. The first-order chi connectivity index (χ1) is 9.74. The van der Waals surface area contributed by atoms with E-state index >= 15 is 0 Å². The summed E-state index contributed by atoms with van der Waals surface area (Å²) in [6.45, 7) is 3.09. The SMILES string of the molecule is CC1COC(CO)CN1c1nc2ccccn2c1CO. The lowest BCUT2D eigenvalue weighted by molar-refractivity contribution is -0.0106. The number of pyridine rings is 1. The van der Waals surface area contributed by atoms with Crippen LogP contribution < -0.4 is 4.90 Å². The van der Waals surface area contributed by atoms with Crippen LogP contribution in [0.3, 0.4) is 0 Å². The maximum atomic E-state index is 9.68. The summed E-state index contributed by atoms with van der Waals surface area (Å²) in [7, 11) is 0. The smallest absolute Gasteiger partial charge is 0.153 e. The number of aromatic nitrogens is 2. The summed E-state index contributed by atoms with van der Waals surface area (Å²) >= 11 is 0. The number of morpholine rings is 1. The molecule has 2 N–H and O–H groups in total. The van der Waals surface area contributed by atoms with Crippen LogP contribution in [-0.4, -0.2) is 51.5 Å². The van der Waals surface area contributed by atoms with Crippen molar-refractivity contribution in [3.8, 4) is 0 Å². The third-order valence-corrected chi connectivity index (χ3v) is 3.74. The molecule has 1 aliphatic rings. The minimum absolute atomic E-state index is 0.00888. The van der Waals surface area contributed by atoms with E-state index in [1.54, 1.807) is 0 Å². The highest BCUT2D eigenvalue weighted by molar-refractivity contribution is 5.56. The van der Waals surface area contributed by atoms with E-state index in [0.29, 0.717) is 13.2 Å². The Balaban J connectivity index is 2.03. The molecule has 0 spiro atoms. The fraction of sp³-hybridized carbons (Fsp3) is 0.500. The molecule has 20 heavy (non-hydrogen) atoms. The standard InChI is InChI=1S/C14H19N3O3/c1-10-9-20-11(7-18)6-17(10)14-12(8-19)16-5-3-2-4-13(16)15-14/h2-5,10-11,18-19H,6-9H2,1H3. The average Bonchev–Trinajstić information content (AvgIpc) is 2.86. The van der Waals surface area contributed by atoms with Crippen molar-refractivity contribution in [1.29, 1.82) is 0 Å². The molecule has 0 saturated carbocycles. The Labute approximate surface area is 117 Å². The molecule has 2 unspecified atom stereocenters. The van der Waals surface area contributed by atoms with E-state index in [4.69, 9.17) is 4.74 Å². The van der Waals surface area contributed by atoms with Gasteiger partial charge in [-0.3, -0.25) is 4.40 Å². The molecule has 0 aromatic carbocycles. The van der Waals surface area contributed by atoms with E-state index < -0.39 is 0 Å². The zero-order valence-electron chi connectivity index (χ0n) is 11.4. The number of imidazole rings is 1. The highest BCUT2D eigenvalue weighted by Crippen LogP contribution is 2.26. The summed E-state index contributed by atoms with van der Waals surface area (Å²) in [5, 5.41) is 19.0. The number of fused-ring (bicyclic) bond motifs is 1. The molecule has 3 heterocycles. The van der Waals surface area contributed by atoms with Gasteiger partial charge in [0.05, 0.1) is 37.7 Å². The van der Waals surface area contributed by atoms with Crippen molar-refractivity contribution in [2.75, 3.05) is 24.7 Å². The lowest BCUT2D eigenvalue weighted by Crippen LogP contribution is -2.50. The number of ether oxygens (including phenoxy) is 1. The normalized spacial score (nSPS) is 23.4. The van der Waals surface area contributed by atoms with Gasteiger partial charge in [0.2, 0.25) is 0 Å². The zero-order chi connectivity index (χ0) is 14.1. The third-order valence-electron chi connectivity index (χ3n) is 3.74. The molecule has 1 aliphatic heterocycles. The van der Waals surface area contributed by atoms with Crippen LogP contribution in [0, 0.1) is 0 Å². The summed E-state index contributed by atoms with van der Waals surface area (Å²) in [6.07, 6.45) is 1.69. The van der Waals surface area contributed by atoms with E-state index in [2.05, 4.69) is 16.8 Å². The Kier molecular flexibility index (Phi) is 3.60. The molecule has 0 amide bonds. The molecule has 2 aromatic rings. The van der Waals surface area contributed by atoms with Crippen LogP contribution in [0.15, 0.2) is 24.4 Å². The molecule has 0 radical (unpaired) electrons. The van der Waals surface area contributed by atoms with Gasteiger partial charge in [-0.25, -0.2) is 4.98 Å². The second-order valence-electron chi connectivity index (χ2n) is 5.11. The summed E-state index contributed by atoms with van der Waals surface area (Å²) in [5.74, 6) is 0.771. The predicted molar refractivity (Wildman–Crippen MR) is 74.7 cm³/mol. The van der Waals surface area contributed by atoms with Crippen molar-refractivity contribution in [3.63, 3.8) is 0 Å². The van der Waals surface area contributed by atoms with Crippen molar-refractivity contribution in [2.24, 2.45) is 0 Å². The summed E-state index contributed by atoms with van der Waals surface area (Å²) in [5.41, 5.74) is 1.58. The molecule has 2 atom stereocenters. The Bertz CT molecular complexity index is 598. The maximum Gasteiger partial charge on any atom is 0.153 e. The van der Waals surface area contributed by atoms with Gasteiger partial charge in [-0.15, -0.1) is 0 Å². The number of hydrogen-bond acceptors (Lipinski definition) is 5. The van der Waals surface area contributed by atoms with Crippen molar-refractivity contribution in [2.45, 2.75) is 25.7 Å². The van der Waals surface area contributed by atoms with E-state index in [0.717, 1.165) is 17.2 Å². The van der Waals surface area contributed by atoms with Crippen molar-refractivity contribution in [1.82, 2.24) is 9.38 Å². The van der Waals surface area contributed by atoms with Gasteiger partial charge in [-0.05, 0) is 19.1 Å². The molecular formula is C14H19N3O3. The molecule has 1 saturated heterocycles. The van der Waals surface area contributed by atoms with Crippen LogP contribution >= 0.6 is 0 Å². The van der Waals surface area contributed by atoms with Crippen LogP contribution in [0.2, 0.25) is 0 Å². The summed E-state index contributed by atoms with van der Waals surface area (Å²) in [4.78, 5) is 6.72. The number of anilines is 1. The van der Waals surface area contributed by atoms with Gasteiger partial charge in [0.25, 0.3) is 0 Å². The van der Waals surface area contributed by atoms with E-state index in [1.165, 1.54) is 0 Å². The molecule has 108 valence electrons. The minimum Gasteiger partial charge on any atom is -0.394 e. The minimum atomic E-state index is -0.206. The predicted octanol–water partition coefficient (Wildman–Crippen LogP) is 0.413. The molecule has 6 nitrogen and oxygen atoms in total. The van der Waals surface area contributed by atoms with Gasteiger partial charge in [0.15, 0.2) is 5.82 Å². The van der Waals surface area contributed by atoms with Gasteiger partial charge in [-0.2, -0.15) is 0 Å². The summed E-state index contributed by atoms with van der Waals surface area (Å²) < 4.78 is 7.44. The Hall–Kier alpha value is -1.63. The largest absolute Gasteiger partial charge is 0.394 e. The van der Waals surface area contributed by atoms with Crippen LogP contribution in [0.1, 0.15) is 12.6 Å². The van der Waals surface area contributed by atoms with Gasteiger partial charge in [-0.1, -0.05) is 6.07 Å². The highest BCUT2D eigenvalue weighted by Gasteiger charge is 2.29. The Morgan fingerprint density at radius 2 is 2.25 bits per heavy atom. The molecule has 2 aromatic heterocycles. The van der Waals surface area contributed by atoms with Crippen LogP contribution in [0.5, 0.6) is 0 Å². The molecule has 6 heteroatoms. The van der Waals surface area contributed by atoms with Gasteiger partial charge in [0.1, 0.15) is 5.65 Å². The highest BCUT2D eigenvalue weighted by atomic mass is 16.5. The first-order valence-corrected chi connectivity index (χ1v) is 6.80. The number of rotatable bonds is 3. The number of aliphatic hydroxyl groups excluding tert-OH is 2. The van der Waals surface area contributed by atoms with Crippen molar-refractivity contribution in [3.05, 3.63) is 30.1 Å². The van der Waals surface area contributed by atoms with Crippen LogP contribution in [0.25, 0.3) is 5.65 Å². The number of hydrogen-bond donors (Lipinski definition) is 2. The number of nitrogens with zero attached hydrogens (tertiary/aromatic N) is 3. The van der Waals surface area contributed by atoms with E-state index in [1.807, 2.05) is 28.8 Å². The number of aliphatic hydroxyl groups is 2. The van der Waals surface area contributed by atoms with Gasteiger partial charge >= 0.3 is 0 Å². The first kappa shape index (κ1) is 13.4. The average molecular weight is 277 g/mol. The quantitative estimate of drug-likeness (QED) is 0.850. The van der Waals surface area contributed by atoms with Gasteiger partial charge in [0, 0.05) is 12.7 Å². The van der Waals surface area contributed by atoms with E-state index in [-0.39, 0.29) is 25.4 Å². The Morgan fingerprint density at radius 1 is 1.40 bits per heavy atom. The molecule has 0 bridgehead atoms. The van der Waals surface area contributed by atoms with Crippen LogP contribution in [-0.2, 0) is 11.3 Å². The zero-order valence-corrected chi connectivity index (χ0v) is 11.4. The fourth-order valence-electron chi connectivity index (χ4n) is 2.63. The first-order valence-electron chi connectivity index (χ1n) is 6.80. The topological polar surface area (TPSA) is 70.2 Å². The third kappa shape index (κ3) is 2.15. The van der Waals surface area contributed by atoms with Crippen LogP contribution in [0.4, 0.5) is 5.82 Å². The van der Waals surface area contributed by atoms with Crippen molar-refractivity contribution >= 4 is 11.5 Å². The van der Waals surface area contributed by atoms with Gasteiger partial charge < -0.3 is 19.8 Å². The van der Waals surface area contributed by atoms with E-state index in [9.17, 15) is 10.2 Å². The molecule has 3 rings (SSSR count). The second-order valence-corrected chi connectivity index (χ2v) is 5.11. The lowest BCUT2D eigenvalue weighted by atomic mass is 10.2. The maximum absolute atomic E-state index is 9.68. The fourth-order valence-corrected chi connectivity index (χ4v) is 2.63.